The summed E-state index contributed by atoms with van der Waals surface area (Å²) in [7, 11) is 0. The zero-order valence-electron chi connectivity index (χ0n) is 14.4. The molecular weight excluding hydrogens is 399 g/mol. The largest absolute Gasteiger partial charge is 0.416 e. The summed E-state index contributed by atoms with van der Waals surface area (Å²) in [5, 5.41) is 8.60. The minimum atomic E-state index is -4.53. The highest BCUT2D eigenvalue weighted by atomic mass is 19.4. The quantitative estimate of drug-likeness (QED) is 0.575. The highest BCUT2D eigenvalue weighted by Crippen LogP contribution is 2.34. The number of rotatable bonds is 3. The number of carbonyl (C=O) groups excluding carboxylic acids is 2. The second-order valence-corrected chi connectivity index (χ2v) is 6.50. The molecule has 0 N–H and O–H groups in total. The SMILES string of the molecule is O=C1[C@H]2N=NN(Cc3cccc(C(F)(F)F)c3)[C@@H]2C(=O)N1c1ccc(F)c(F)c1. The zero-order chi connectivity index (χ0) is 20.9. The van der Waals surface area contributed by atoms with Crippen LogP contribution in [-0.2, 0) is 22.3 Å². The monoisotopic (exact) mass is 410 g/mol. The number of fused-ring (bicyclic) bond motifs is 1. The Balaban J connectivity index is 1.59. The molecule has 0 spiro atoms. The van der Waals surface area contributed by atoms with Gasteiger partial charge in [-0.3, -0.25) is 14.6 Å². The van der Waals surface area contributed by atoms with Gasteiger partial charge in [0.2, 0.25) is 0 Å². The Hall–Kier alpha value is -3.37. The zero-order valence-corrected chi connectivity index (χ0v) is 14.4. The van der Waals surface area contributed by atoms with Gasteiger partial charge in [0, 0.05) is 6.07 Å². The Morgan fingerprint density at radius 3 is 2.41 bits per heavy atom. The van der Waals surface area contributed by atoms with Crippen LogP contribution in [0.2, 0.25) is 0 Å². The predicted molar refractivity (Wildman–Crippen MR) is 88.3 cm³/mol. The third-order valence-electron chi connectivity index (χ3n) is 4.62. The molecule has 0 radical (unpaired) electrons. The van der Waals surface area contributed by atoms with E-state index in [2.05, 4.69) is 10.3 Å². The van der Waals surface area contributed by atoms with E-state index in [-0.39, 0.29) is 17.8 Å². The molecule has 1 saturated heterocycles. The lowest BCUT2D eigenvalue weighted by Gasteiger charge is -2.21. The lowest BCUT2D eigenvalue weighted by Crippen LogP contribution is -2.39. The fourth-order valence-electron chi connectivity index (χ4n) is 3.27. The van der Waals surface area contributed by atoms with Crippen molar-refractivity contribution in [1.29, 1.82) is 0 Å². The van der Waals surface area contributed by atoms with E-state index in [0.717, 1.165) is 29.3 Å². The molecule has 150 valence electrons. The maximum atomic E-state index is 13.5. The highest BCUT2D eigenvalue weighted by Gasteiger charge is 2.54. The van der Waals surface area contributed by atoms with Crippen molar-refractivity contribution in [1.82, 2.24) is 5.01 Å². The van der Waals surface area contributed by atoms with Crippen LogP contribution in [0.1, 0.15) is 11.1 Å². The third-order valence-corrected chi connectivity index (χ3v) is 4.62. The summed E-state index contributed by atoms with van der Waals surface area (Å²) in [6.07, 6.45) is -4.53. The van der Waals surface area contributed by atoms with Crippen molar-refractivity contribution in [3.63, 3.8) is 0 Å². The first-order valence-corrected chi connectivity index (χ1v) is 8.33. The number of anilines is 1. The average molecular weight is 410 g/mol. The van der Waals surface area contributed by atoms with Crippen LogP contribution >= 0.6 is 0 Å². The molecule has 2 aliphatic heterocycles. The normalized spacial score (nSPS) is 21.3. The molecule has 0 bridgehead atoms. The van der Waals surface area contributed by atoms with Gasteiger partial charge in [-0.05, 0) is 29.8 Å². The van der Waals surface area contributed by atoms with Gasteiger partial charge in [-0.2, -0.15) is 18.3 Å². The maximum Gasteiger partial charge on any atom is 0.416 e. The number of halogens is 5. The van der Waals surface area contributed by atoms with E-state index >= 15 is 0 Å². The minimum Gasteiger partial charge on any atom is -0.271 e. The van der Waals surface area contributed by atoms with Crippen LogP contribution in [-0.4, -0.2) is 28.9 Å². The smallest absolute Gasteiger partial charge is 0.271 e. The predicted octanol–water partition coefficient (Wildman–Crippen LogP) is 3.48. The first-order chi connectivity index (χ1) is 13.7. The maximum absolute atomic E-state index is 13.5. The molecule has 2 amide bonds. The van der Waals surface area contributed by atoms with Crippen molar-refractivity contribution in [3.8, 4) is 0 Å². The molecule has 0 unspecified atom stereocenters. The molecule has 4 rings (SSSR count). The first kappa shape index (κ1) is 19.0. The Labute approximate surface area is 160 Å². The van der Waals surface area contributed by atoms with Crippen molar-refractivity contribution in [2.75, 3.05) is 4.90 Å². The van der Waals surface area contributed by atoms with E-state index < -0.39 is 47.3 Å². The molecule has 0 aliphatic carbocycles. The molecule has 2 heterocycles. The van der Waals surface area contributed by atoms with Crippen molar-refractivity contribution >= 4 is 17.5 Å². The number of hydrogen-bond acceptors (Lipinski definition) is 5. The standard InChI is InChI=1S/C18H11F5N4O2/c19-12-5-4-11(7-13(12)20)27-16(28)14-15(17(27)29)26(25-24-14)8-9-2-1-3-10(6-9)18(21,22)23/h1-7,14-15H,8H2/t14-,15-/m0/s1. The Morgan fingerprint density at radius 1 is 0.966 bits per heavy atom. The fraction of sp³-hybridized carbons (Fsp3) is 0.222. The van der Waals surface area contributed by atoms with Crippen molar-refractivity contribution in [2.45, 2.75) is 24.8 Å². The molecular formula is C18H11F5N4O2. The molecule has 0 saturated carbocycles. The number of alkyl halides is 3. The lowest BCUT2D eigenvalue weighted by molar-refractivity contribution is -0.137. The number of carbonyl (C=O) groups is 2. The lowest BCUT2D eigenvalue weighted by atomic mass is 10.1. The van der Waals surface area contributed by atoms with Crippen LogP contribution in [0.3, 0.4) is 0 Å². The topological polar surface area (TPSA) is 65.3 Å². The summed E-state index contributed by atoms with van der Waals surface area (Å²) < 4.78 is 65.3. The van der Waals surface area contributed by atoms with Gasteiger partial charge in [0.25, 0.3) is 11.8 Å². The van der Waals surface area contributed by atoms with Crippen LogP contribution in [0.4, 0.5) is 27.6 Å². The van der Waals surface area contributed by atoms with E-state index in [4.69, 9.17) is 0 Å². The van der Waals surface area contributed by atoms with Gasteiger partial charge >= 0.3 is 6.18 Å². The van der Waals surface area contributed by atoms with Crippen LogP contribution < -0.4 is 4.90 Å². The Morgan fingerprint density at radius 2 is 1.72 bits per heavy atom. The molecule has 6 nitrogen and oxygen atoms in total. The molecule has 29 heavy (non-hydrogen) atoms. The highest BCUT2D eigenvalue weighted by molar-refractivity contribution is 6.25. The fourth-order valence-corrected chi connectivity index (χ4v) is 3.27. The molecule has 1 fully saturated rings. The minimum absolute atomic E-state index is 0.164. The van der Waals surface area contributed by atoms with Gasteiger partial charge in [0.05, 0.1) is 17.8 Å². The molecule has 2 aliphatic rings. The summed E-state index contributed by atoms with van der Waals surface area (Å²) >= 11 is 0. The molecule has 0 aromatic heterocycles. The van der Waals surface area contributed by atoms with Crippen LogP contribution in [0.5, 0.6) is 0 Å². The summed E-state index contributed by atoms with van der Waals surface area (Å²) in [6.45, 7) is -0.195. The number of nitrogens with zero attached hydrogens (tertiary/aromatic N) is 4. The van der Waals surface area contributed by atoms with Crippen molar-refractivity contribution in [3.05, 3.63) is 65.2 Å². The first-order valence-electron chi connectivity index (χ1n) is 8.33. The van der Waals surface area contributed by atoms with Crippen LogP contribution in [0.15, 0.2) is 52.8 Å². The second kappa shape index (κ2) is 6.61. The van der Waals surface area contributed by atoms with Crippen LogP contribution in [0.25, 0.3) is 0 Å². The number of amides is 2. The number of benzene rings is 2. The number of hydrogen-bond donors (Lipinski definition) is 0. The number of imide groups is 1. The summed E-state index contributed by atoms with van der Waals surface area (Å²) in [6, 6.07) is 4.64. The Bertz CT molecular complexity index is 1040. The van der Waals surface area contributed by atoms with E-state index in [1.807, 2.05) is 0 Å². The Kier molecular flexibility index (Phi) is 4.32. The van der Waals surface area contributed by atoms with E-state index in [9.17, 15) is 31.5 Å². The van der Waals surface area contributed by atoms with Gasteiger partial charge < -0.3 is 0 Å². The van der Waals surface area contributed by atoms with Crippen molar-refractivity contribution in [2.24, 2.45) is 10.3 Å². The second-order valence-electron chi connectivity index (χ2n) is 6.50. The van der Waals surface area contributed by atoms with E-state index in [1.54, 1.807) is 0 Å². The van der Waals surface area contributed by atoms with Crippen molar-refractivity contribution < 1.29 is 31.5 Å². The third kappa shape index (κ3) is 3.22. The van der Waals surface area contributed by atoms with Gasteiger partial charge in [-0.1, -0.05) is 17.4 Å². The van der Waals surface area contributed by atoms with Gasteiger partial charge in [-0.15, -0.1) is 0 Å². The van der Waals surface area contributed by atoms with E-state index in [0.29, 0.717) is 11.0 Å². The molecule has 2 aromatic carbocycles. The van der Waals surface area contributed by atoms with E-state index in [1.165, 1.54) is 12.1 Å². The summed E-state index contributed by atoms with van der Waals surface area (Å²) in [5.74, 6) is -3.93. The molecule has 2 aromatic rings. The summed E-state index contributed by atoms with van der Waals surface area (Å²) in [4.78, 5) is 26.0. The van der Waals surface area contributed by atoms with Gasteiger partial charge in [0.1, 0.15) is 0 Å². The average Bonchev–Trinajstić information content (AvgIpc) is 3.17. The molecule has 11 heteroatoms. The van der Waals surface area contributed by atoms with Crippen LogP contribution in [0, 0.1) is 11.6 Å². The van der Waals surface area contributed by atoms with Gasteiger partial charge in [0.15, 0.2) is 23.7 Å². The van der Waals surface area contributed by atoms with Gasteiger partial charge in [-0.25, -0.2) is 13.7 Å². The molecule has 2 atom stereocenters. The summed E-state index contributed by atoms with van der Waals surface area (Å²) in [5.41, 5.74) is -0.812.